The van der Waals surface area contributed by atoms with E-state index in [1.54, 1.807) is 0 Å². The average Bonchev–Trinajstić information content (AvgIpc) is 3.01. The normalized spacial score (nSPS) is 24.5. The van der Waals surface area contributed by atoms with Crippen LogP contribution in [0, 0.1) is 5.92 Å². The minimum atomic E-state index is -0.240. The summed E-state index contributed by atoms with van der Waals surface area (Å²) in [5.41, 5.74) is 1.18. The Morgan fingerprint density at radius 1 is 1.37 bits per heavy atom. The van der Waals surface area contributed by atoms with Crippen LogP contribution in [0.25, 0.3) is 0 Å². The lowest BCUT2D eigenvalue weighted by Gasteiger charge is -2.13. The van der Waals surface area contributed by atoms with E-state index in [4.69, 9.17) is 4.74 Å². The molecule has 5 nitrogen and oxygen atoms in total. The molecule has 2 aliphatic rings. The predicted molar refractivity (Wildman–Crippen MR) is 68.7 cm³/mol. The van der Waals surface area contributed by atoms with Crippen molar-refractivity contribution < 1.29 is 14.3 Å². The average molecular weight is 260 g/mol. The summed E-state index contributed by atoms with van der Waals surface area (Å²) < 4.78 is 5.74. The molecule has 0 bridgehead atoms. The highest BCUT2D eigenvalue weighted by Gasteiger charge is 2.29. The fraction of sp³-hybridized carbons (Fsp3) is 0.429. The van der Waals surface area contributed by atoms with E-state index in [1.807, 2.05) is 24.3 Å². The number of carbonyl (C=O) groups excluding carboxylic acids is 2. The lowest BCUT2D eigenvalue weighted by molar-refractivity contribution is -0.126. The van der Waals surface area contributed by atoms with Gasteiger partial charge in [-0.05, 0) is 11.6 Å². The third-order valence-corrected chi connectivity index (χ3v) is 3.57. The fourth-order valence-electron chi connectivity index (χ4n) is 2.52. The number of carbonyl (C=O) groups is 2. The number of rotatable bonds is 3. The third-order valence-electron chi connectivity index (χ3n) is 3.57. The van der Waals surface area contributed by atoms with E-state index in [0.29, 0.717) is 13.1 Å². The van der Waals surface area contributed by atoms with Gasteiger partial charge < -0.3 is 15.4 Å². The van der Waals surface area contributed by atoms with Crippen LogP contribution < -0.4 is 15.4 Å². The quantitative estimate of drug-likeness (QED) is 0.818. The zero-order valence-corrected chi connectivity index (χ0v) is 10.5. The molecule has 0 aromatic heterocycles. The van der Waals surface area contributed by atoms with Crippen LogP contribution in [0.15, 0.2) is 24.3 Å². The first-order valence-corrected chi connectivity index (χ1v) is 6.51. The number of nitrogens with one attached hydrogen (secondary N) is 2. The maximum atomic E-state index is 11.9. The second-order valence-electron chi connectivity index (χ2n) is 5.00. The first-order valence-electron chi connectivity index (χ1n) is 6.51. The van der Waals surface area contributed by atoms with E-state index in [0.717, 1.165) is 12.2 Å². The summed E-state index contributed by atoms with van der Waals surface area (Å²) in [6, 6.07) is 7.90. The summed E-state index contributed by atoms with van der Waals surface area (Å²) in [4.78, 5) is 22.9. The zero-order chi connectivity index (χ0) is 13.2. The summed E-state index contributed by atoms with van der Waals surface area (Å²) in [6.07, 6.45) is 1.10. The minimum Gasteiger partial charge on any atom is -0.488 e. The summed E-state index contributed by atoms with van der Waals surface area (Å²) in [6.45, 7) is 0.925. The SMILES string of the molecule is O=C1CC(C(=O)NCC2Cc3ccccc3O2)CN1. The molecule has 0 spiro atoms. The van der Waals surface area contributed by atoms with Gasteiger partial charge in [-0.1, -0.05) is 18.2 Å². The van der Waals surface area contributed by atoms with Gasteiger partial charge in [-0.15, -0.1) is 0 Å². The van der Waals surface area contributed by atoms with Gasteiger partial charge in [0.05, 0.1) is 12.5 Å². The summed E-state index contributed by atoms with van der Waals surface area (Å²) >= 11 is 0. The Bertz CT molecular complexity index is 490. The van der Waals surface area contributed by atoms with E-state index >= 15 is 0 Å². The van der Waals surface area contributed by atoms with Crippen LogP contribution in [0.2, 0.25) is 0 Å². The maximum absolute atomic E-state index is 11.9. The van der Waals surface area contributed by atoms with Crippen molar-refractivity contribution in [2.24, 2.45) is 5.92 Å². The van der Waals surface area contributed by atoms with Crippen LogP contribution in [-0.2, 0) is 16.0 Å². The smallest absolute Gasteiger partial charge is 0.225 e. The molecule has 0 radical (unpaired) electrons. The minimum absolute atomic E-state index is 0.00795. The molecule has 100 valence electrons. The molecule has 1 fully saturated rings. The van der Waals surface area contributed by atoms with Crippen molar-refractivity contribution in [1.29, 1.82) is 0 Å². The molecule has 1 aromatic carbocycles. The number of amides is 2. The van der Waals surface area contributed by atoms with Gasteiger partial charge >= 0.3 is 0 Å². The molecule has 19 heavy (non-hydrogen) atoms. The Morgan fingerprint density at radius 3 is 2.95 bits per heavy atom. The largest absolute Gasteiger partial charge is 0.488 e. The third kappa shape index (κ3) is 2.54. The summed E-state index contributed by atoms with van der Waals surface area (Å²) in [5, 5.41) is 5.53. The molecule has 5 heteroatoms. The Balaban J connectivity index is 1.49. The number of para-hydroxylation sites is 1. The summed E-state index contributed by atoms with van der Waals surface area (Å²) in [7, 11) is 0. The van der Waals surface area contributed by atoms with Crippen molar-refractivity contribution in [3.63, 3.8) is 0 Å². The van der Waals surface area contributed by atoms with Crippen LogP contribution in [0.5, 0.6) is 5.75 Å². The van der Waals surface area contributed by atoms with E-state index in [9.17, 15) is 9.59 Å². The fourth-order valence-corrected chi connectivity index (χ4v) is 2.52. The number of fused-ring (bicyclic) bond motifs is 1. The molecule has 1 saturated heterocycles. The van der Waals surface area contributed by atoms with E-state index < -0.39 is 0 Å². The van der Waals surface area contributed by atoms with Crippen molar-refractivity contribution in [2.45, 2.75) is 18.9 Å². The number of hydrogen-bond acceptors (Lipinski definition) is 3. The van der Waals surface area contributed by atoms with Crippen molar-refractivity contribution >= 4 is 11.8 Å². The molecule has 2 N–H and O–H groups in total. The van der Waals surface area contributed by atoms with Gasteiger partial charge in [0, 0.05) is 19.4 Å². The highest BCUT2D eigenvalue weighted by Crippen LogP contribution is 2.27. The van der Waals surface area contributed by atoms with E-state index in [2.05, 4.69) is 10.6 Å². The first kappa shape index (κ1) is 12.0. The van der Waals surface area contributed by atoms with Gasteiger partial charge in [-0.25, -0.2) is 0 Å². The predicted octanol–water partition coefficient (Wildman–Crippen LogP) is 0.242. The molecule has 2 atom stereocenters. The molecule has 2 amide bonds. The Kier molecular flexibility index (Phi) is 3.11. The Morgan fingerprint density at radius 2 is 2.21 bits per heavy atom. The molecule has 2 aliphatic heterocycles. The first-order chi connectivity index (χ1) is 9.22. The van der Waals surface area contributed by atoms with Crippen molar-refractivity contribution in [3.8, 4) is 5.75 Å². The van der Waals surface area contributed by atoms with Crippen LogP contribution in [0.1, 0.15) is 12.0 Å². The second-order valence-corrected chi connectivity index (χ2v) is 5.00. The molecule has 0 aliphatic carbocycles. The van der Waals surface area contributed by atoms with E-state index in [1.165, 1.54) is 5.56 Å². The van der Waals surface area contributed by atoms with Crippen LogP contribution in [-0.4, -0.2) is 31.0 Å². The number of benzene rings is 1. The van der Waals surface area contributed by atoms with E-state index in [-0.39, 0.29) is 30.3 Å². The lowest BCUT2D eigenvalue weighted by Crippen LogP contribution is -2.38. The molecule has 2 unspecified atom stereocenters. The van der Waals surface area contributed by atoms with Gasteiger partial charge in [0.25, 0.3) is 0 Å². The molecule has 0 saturated carbocycles. The molecule has 1 aromatic rings. The van der Waals surface area contributed by atoms with Gasteiger partial charge in [-0.2, -0.15) is 0 Å². The topological polar surface area (TPSA) is 67.4 Å². The van der Waals surface area contributed by atoms with Gasteiger partial charge in [0.2, 0.25) is 11.8 Å². The highest BCUT2D eigenvalue weighted by molar-refractivity contribution is 5.89. The molecular weight excluding hydrogens is 244 g/mol. The van der Waals surface area contributed by atoms with Crippen molar-refractivity contribution in [2.75, 3.05) is 13.1 Å². The Labute approximate surface area is 111 Å². The summed E-state index contributed by atoms with van der Waals surface area (Å²) in [5.74, 6) is 0.540. The molecule has 2 heterocycles. The second kappa shape index (κ2) is 4.91. The standard InChI is InChI=1S/C14H16N2O3/c17-13-6-10(7-15-13)14(18)16-8-11-5-9-3-1-2-4-12(9)19-11/h1-4,10-11H,5-8H2,(H,15,17)(H,16,18). The van der Waals surface area contributed by atoms with Gasteiger partial charge in [0.15, 0.2) is 0 Å². The van der Waals surface area contributed by atoms with Crippen LogP contribution in [0.3, 0.4) is 0 Å². The number of ether oxygens (including phenoxy) is 1. The molecular formula is C14H16N2O3. The molecule has 3 rings (SSSR count). The van der Waals surface area contributed by atoms with Crippen molar-refractivity contribution in [3.05, 3.63) is 29.8 Å². The van der Waals surface area contributed by atoms with Gasteiger partial charge in [-0.3, -0.25) is 9.59 Å². The van der Waals surface area contributed by atoms with Gasteiger partial charge in [0.1, 0.15) is 11.9 Å². The van der Waals surface area contributed by atoms with Crippen molar-refractivity contribution in [1.82, 2.24) is 10.6 Å². The maximum Gasteiger partial charge on any atom is 0.225 e. The lowest BCUT2D eigenvalue weighted by atomic mass is 10.1. The zero-order valence-electron chi connectivity index (χ0n) is 10.5. The number of hydrogen-bond donors (Lipinski definition) is 2. The van der Waals surface area contributed by atoms with Crippen LogP contribution in [0.4, 0.5) is 0 Å². The monoisotopic (exact) mass is 260 g/mol. The highest BCUT2D eigenvalue weighted by atomic mass is 16.5. The van der Waals surface area contributed by atoms with Crippen LogP contribution >= 0.6 is 0 Å². The Hall–Kier alpha value is -2.04.